The summed E-state index contributed by atoms with van der Waals surface area (Å²) in [5.41, 5.74) is 0.994. The highest BCUT2D eigenvalue weighted by atomic mass is 16.5. The Labute approximate surface area is 83.8 Å². The van der Waals surface area contributed by atoms with Crippen LogP contribution in [0.4, 0.5) is 0 Å². The van der Waals surface area contributed by atoms with Gasteiger partial charge in [0.05, 0.1) is 7.11 Å². The molecule has 0 aliphatic heterocycles. The van der Waals surface area contributed by atoms with Crippen LogP contribution in [0.25, 0.3) is 0 Å². The molecule has 0 aromatic rings. The molecule has 0 bridgehead atoms. The third-order valence-electron chi connectivity index (χ3n) is 0.816. The third kappa shape index (κ3) is 24.7. The number of hydrogen-bond acceptors (Lipinski definition) is 1. The van der Waals surface area contributed by atoms with Gasteiger partial charge in [-0.05, 0) is 13.0 Å². The minimum Gasteiger partial charge on any atom is -0.497 e. The van der Waals surface area contributed by atoms with E-state index >= 15 is 0 Å². The molecule has 0 spiro atoms. The Balaban J connectivity index is -0.000000218. The minimum atomic E-state index is 0.651. The first-order chi connectivity index (χ1) is 6.16. The van der Waals surface area contributed by atoms with Crippen LogP contribution in [-0.4, -0.2) is 7.11 Å². The minimum absolute atomic E-state index is 0.651. The molecule has 0 rings (SSSR count). The summed E-state index contributed by atoms with van der Waals surface area (Å²) in [6.07, 6.45) is 3.63. The molecule has 0 unspecified atom stereocenters. The second kappa shape index (κ2) is 17.2. The first kappa shape index (κ1) is 17.9. The predicted molar refractivity (Wildman–Crippen MR) is 62.8 cm³/mol. The number of methoxy groups -OCH3 is 1. The molecule has 0 aromatic carbocycles. The Morgan fingerprint density at radius 2 is 1.38 bits per heavy atom. The first-order valence-electron chi connectivity index (χ1n) is 4.73. The molecule has 0 fully saturated rings. The lowest BCUT2D eigenvalue weighted by Gasteiger charge is -1.93. The first-order valence-corrected chi connectivity index (χ1v) is 4.73. The molecule has 0 aromatic heterocycles. The van der Waals surface area contributed by atoms with Crippen molar-refractivity contribution in [3.63, 3.8) is 0 Å². The van der Waals surface area contributed by atoms with Gasteiger partial charge in [0.25, 0.3) is 0 Å². The van der Waals surface area contributed by atoms with Crippen molar-refractivity contribution in [2.45, 2.75) is 34.6 Å². The van der Waals surface area contributed by atoms with Crippen LogP contribution in [0.3, 0.4) is 0 Å². The zero-order valence-electron chi connectivity index (χ0n) is 9.98. The van der Waals surface area contributed by atoms with Crippen LogP contribution in [0.5, 0.6) is 0 Å². The molecule has 78 valence electrons. The highest BCUT2D eigenvalue weighted by Crippen LogP contribution is 1.96. The molecule has 0 aliphatic rings. The zero-order valence-corrected chi connectivity index (χ0v) is 9.98. The summed E-state index contributed by atoms with van der Waals surface area (Å²) >= 11 is 0. The van der Waals surface area contributed by atoms with E-state index < -0.39 is 0 Å². The second-order valence-electron chi connectivity index (χ2n) is 1.85. The molecule has 0 aliphatic carbocycles. The van der Waals surface area contributed by atoms with Crippen LogP contribution >= 0.6 is 0 Å². The Kier molecular flexibility index (Phi) is 23.7. The Morgan fingerprint density at radius 3 is 1.62 bits per heavy atom. The van der Waals surface area contributed by atoms with Crippen molar-refractivity contribution in [2.75, 3.05) is 7.11 Å². The largest absolute Gasteiger partial charge is 0.497 e. The molecular formula is C12H24O. The van der Waals surface area contributed by atoms with Gasteiger partial charge in [-0.25, -0.2) is 0 Å². The highest BCUT2D eigenvalue weighted by molar-refractivity contribution is 5.18. The lowest BCUT2D eigenvalue weighted by atomic mass is 10.3. The van der Waals surface area contributed by atoms with Gasteiger partial charge in [0.2, 0.25) is 0 Å². The van der Waals surface area contributed by atoms with Gasteiger partial charge in [-0.1, -0.05) is 52.5 Å². The molecule has 13 heavy (non-hydrogen) atoms. The predicted octanol–water partition coefficient (Wildman–Crippen LogP) is 4.33. The van der Waals surface area contributed by atoms with E-state index in [-0.39, 0.29) is 0 Å². The highest BCUT2D eigenvalue weighted by Gasteiger charge is 1.79. The second-order valence-corrected chi connectivity index (χ2v) is 1.85. The molecule has 0 radical (unpaired) electrons. The van der Waals surface area contributed by atoms with Crippen molar-refractivity contribution in [1.82, 2.24) is 0 Å². The maximum atomic E-state index is 4.78. The van der Waals surface area contributed by atoms with Crippen LogP contribution in [0.1, 0.15) is 34.6 Å². The smallest absolute Gasteiger partial charge is 0.111 e. The summed E-state index contributed by atoms with van der Waals surface area (Å²) in [6.45, 7) is 17.2. The number of allylic oxidation sites excluding steroid dienone is 3. The van der Waals surface area contributed by atoms with E-state index in [2.05, 4.69) is 13.2 Å². The van der Waals surface area contributed by atoms with Crippen LogP contribution in [-0.2, 0) is 4.74 Å². The normalized spacial score (nSPS) is 7.54. The fourth-order valence-electron chi connectivity index (χ4n) is 0.303. The van der Waals surface area contributed by atoms with Crippen molar-refractivity contribution in [3.05, 3.63) is 36.6 Å². The van der Waals surface area contributed by atoms with E-state index in [1.807, 2.05) is 40.7 Å². The average molecular weight is 184 g/mol. The molecule has 1 nitrogen and oxygen atoms in total. The van der Waals surface area contributed by atoms with E-state index in [0.29, 0.717) is 5.76 Å². The van der Waals surface area contributed by atoms with Crippen LogP contribution in [0, 0.1) is 0 Å². The summed E-state index contributed by atoms with van der Waals surface area (Å²) < 4.78 is 4.78. The van der Waals surface area contributed by atoms with E-state index in [0.717, 1.165) is 5.57 Å². The fraction of sp³-hybridized carbons (Fsp3) is 0.500. The molecule has 0 atom stereocenters. The Morgan fingerprint density at radius 1 is 1.00 bits per heavy atom. The fourth-order valence-corrected chi connectivity index (χ4v) is 0.303. The molecular weight excluding hydrogens is 160 g/mol. The lowest BCUT2D eigenvalue weighted by molar-refractivity contribution is 0.309. The van der Waals surface area contributed by atoms with Crippen molar-refractivity contribution in [3.8, 4) is 0 Å². The van der Waals surface area contributed by atoms with Gasteiger partial charge in [-0.2, -0.15) is 0 Å². The maximum Gasteiger partial charge on any atom is 0.111 e. The van der Waals surface area contributed by atoms with E-state index in [4.69, 9.17) is 4.74 Å². The van der Waals surface area contributed by atoms with Crippen molar-refractivity contribution < 1.29 is 4.74 Å². The topological polar surface area (TPSA) is 9.23 Å². The van der Waals surface area contributed by atoms with Gasteiger partial charge < -0.3 is 4.74 Å². The van der Waals surface area contributed by atoms with Gasteiger partial charge in [0, 0.05) is 0 Å². The quantitative estimate of drug-likeness (QED) is 0.468. The lowest BCUT2D eigenvalue weighted by Crippen LogP contribution is -1.76. The van der Waals surface area contributed by atoms with Crippen LogP contribution in [0.2, 0.25) is 0 Å². The number of ether oxygens (including phenoxy) is 1. The van der Waals surface area contributed by atoms with Gasteiger partial charge in [0.15, 0.2) is 0 Å². The number of rotatable bonds is 3. The molecule has 0 saturated heterocycles. The van der Waals surface area contributed by atoms with E-state index in [1.54, 1.807) is 13.2 Å². The summed E-state index contributed by atoms with van der Waals surface area (Å²) in [5.74, 6) is 0.651. The summed E-state index contributed by atoms with van der Waals surface area (Å²) in [7, 11) is 1.59. The third-order valence-corrected chi connectivity index (χ3v) is 0.816. The standard InChI is InChI=1S/C8H12O.2C2H6/c1-7(2)5-6-8(3)9-4;2*1-2/h5-6H,1,3H2,2,4H3;2*1-2H3/b6-5-;;. The monoisotopic (exact) mass is 184 g/mol. The molecule has 0 amide bonds. The molecule has 0 saturated carbocycles. The van der Waals surface area contributed by atoms with Crippen molar-refractivity contribution >= 4 is 0 Å². The van der Waals surface area contributed by atoms with Crippen LogP contribution in [0.15, 0.2) is 36.6 Å². The summed E-state index contributed by atoms with van der Waals surface area (Å²) in [6, 6.07) is 0. The number of hydrogen-bond donors (Lipinski definition) is 0. The van der Waals surface area contributed by atoms with Crippen molar-refractivity contribution in [1.29, 1.82) is 0 Å². The average Bonchev–Trinajstić information content (AvgIpc) is 2.20. The van der Waals surface area contributed by atoms with Gasteiger partial charge in [0.1, 0.15) is 5.76 Å². The Bertz CT molecular complexity index is 143. The van der Waals surface area contributed by atoms with E-state index in [9.17, 15) is 0 Å². The summed E-state index contributed by atoms with van der Waals surface area (Å²) in [5, 5.41) is 0. The van der Waals surface area contributed by atoms with E-state index in [1.165, 1.54) is 0 Å². The SMILES string of the molecule is C=C(C)/C=C\C(=C)OC.CC.CC. The molecule has 0 heterocycles. The van der Waals surface area contributed by atoms with Crippen LogP contribution < -0.4 is 0 Å². The molecule has 1 heteroatoms. The van der Waals surface area contributed by atoms with Gasteiger partial charge in [-0.3, -0.25) is 0 Å². The maximum absolute atomic E-state index is 4.78. The van der Waals surface area contributed by atoms with Crippen molar-refractivity contribution in [2.24, 2.45) is 0 Å². The zero-order chi connectivity index (χ0) is 11.3. The van der Waals surface area contributed by atoms with Gasteiger partial charge in [-0.15, -0.1) is 0 Å². The van der Waals surface area contributed by atoms with Gasteiger partial charge >= 0.3 is 0 Å². The summed E-state index contributed by atoms with van der Waals surface area (Å²) in [4.78, 5) is 0. The Hall–Kier alpha value is -0.980. The molecule has 0 N–H and O–H groups in total.